The van der Waals surface area contributed by atoms with E-state index in [1.165, 1.54) is 18.2 Å². The van der Waals surface area contributed by atoms with Crippen molar-refractivity contribution < 1.29 is 19.6 Å². The molecule has 1 N–H and O–H groups in total. The van der Waals surface area contributed by atoms with Crippen molar-refractivity contribution in [3.8, 4) is 11.5 Å². The van der Waals surface area contributed by atoms with Crippen LogP contribution in [0.4, 0.5) is 5.69 Å². The van der Waals surface area contributed by atoms with E-state index in [4.69, 9.17) is 9.84 Å². The minimum atomic E-state index is -1.06. The molecule has 0 atom stereocenters. The molecule has 0 bridgehead atoms. The number of nitro groups is 1. The summed E-state index contributed by atoms with van der Waals surface area (Å²) in [7, 11) is 0. The van der Waals surface area contributed by atoms with Gasteiger partial charge in [-0.1, -0.05) is 6.07 Å². The van der Waals surface area contributed by atoms with E-state index < -0.39 is 10.9 Å². The highest BCUT2D eigenvalue weighted by molar-refractivity contribution is 5.88. The van der Waals surface area contributed by atoms with Gasteiger partial charge in [-0.25, -0.2) is 4.79 Å². The summed E-state index contributed by atoms with van der Waals surface area (Å²) in [6.07, 6.45) is 0. The highest BCUT2D eigenvalue weighted by atomic mass is 16.6. The van der Waals surface area contributed by atoms with Crippen molar-refractivity contribution >= 4 is 11.7 Å². The monoisotopic (exact) mass is 287 g/mol. The molecule has 0 aliphatic heterocycles. The Morgan fingerprint density at radius 3 is 2.52 bits per heavy atom. The van der Waals surface area contributed by atoms with E-state index in [1.54, 1.807) is 32.0 Å². The van der Waals surface area contributed by atoms with Crippen LogP contribution in [0.25, 0.3) is 0 Å². The van der Waals surface area contributed by atoms with Crippen LogP contribution < -0.4 is 4.74 Å². The van der Waals surface area contributed by atoms with Crippen LogP contribution in [0.15, 0.2) is 36.4 Å². The van der Waals surface area contributed by atoms with Gasteiger partial charge >= 0.3 is 5.97 Å². The molecule has 0 spiro atoms. The number of rotatable bonds is 4. The number of benzene rings is 2. The number of hydrogen-bond acceptors (Lipinski definition) is 4. The van der Waals surface area contributed by atoms with Crippen molar-refractivity contribution in [2.75, 3.05) is 0 Å². The van der Waals surface area contributed by atoms with Crippen LogP contribution in [-0.2, 0) is 0 Å². The fourth-order valence-corrected chi connectivity index (χ4v) is 1.95. The predicted octanol–water partition coefficient (Wildman–Crippen LogP) is 3.70. The molecule has 0 fully saturated rings. The number of ether oxygens (including phenoxy) is 1. The Morgan fingerprint density at radius 2 is 1.90 bits per heavy atom. The molecule has 0 aliphatic rings. The van der Waals surface area contributed by atoms with E-state index in [0.29, 0.717) is 17.1 Å². The highest BCUT2D eigenvalue weighted by Crippen LogP contribution is 2.31. The molecule has 21 heavy (non-hydrogen) atoms. The Hall–Kier alpha value is -2.89. The lowest BCUT2D eigenvalue weighted by atomic mass is 10.1. The number of nitro benzene ring substituents is 1. The predicted molar refractivity (Wildman–Crippen MR) is 76.0 cm³/mol. The number of carboxylic acids is 1. The van der Waals surface area contributed by atoms with Gasteiger partial charge in [-0.2, -0.15) is 0 Å². The molecule has 6 heteroatoms. The van der Waals surface area contributed by atoms with E-state index in [1.807, 2.05) is 0 Å². The van der Waals surface area contributed by atoms with E-state index >= 15 is 0 Å². The standard InChI is InChI=1S/C15H13NO5/c1-9-6-10(2)14(8-13(9)16(19)20)21-12-5-3-4-11(7-12)15(17)18/h3-8H,1-2H3,(H,17,18). The van der Waals surface area contributed by atoms with Crippen LogP contribution in [0.1, 0.15) is 21.5 Å². The summed E-state index contributed by atoms with van der Waals surface area (Å²) in [6, 6.07) is 8.97. The maximum absolute atomic E-state index is 11.0. The second-order valence-corrected chi connectivity index (χ2v) is 4.60. The number of aromatic carboxylic acids is 1. The van der Waals surface area contributed by atoms with Crippen LogP contribution in [0.2, 0.25) is 0 Å². The highest BCUT2D eigenvalue weighted by Gasteiger charge is 2.15. The molecule has 108 valence electrons. The molecule has 2 rings (SSSR count). The van der Waals surface area contributed by atoms with Gasteiger partial charge in [0.1, 0.15) is 11.5 Å². The van der Waals surface area contributed by atoms with Gasteiger partial charge in [0.25, 0.3) is 5.69 Å². The van der Waals surface area contributed by atoms with E-state index in [0.717, 1.165) is 5.56 Å². The average molecular weight is 287 g/mol. The lowest BCUT2D eigenvalue weighted by Crippen LogP contribution is -1.98. The van der Waals surface area contributed by atoms with Crippen molar-refractivity contribution in [3.63, 3.8) is 0 Å². The van der Waals surface area contributed by atoms with E-state index in [9.17, 15) is 14.9 Å². The average Bonchev–Trinajstić information content (AvgIpc) is 2.41. The van der Waals surface area contributed by atoms with Crippen molar-refractivity contribution in [1.82, 2.24) is 0 Å². The Morgan fingerprint density at radius 1 is 1.19 bits per heavy atom. The molecule has 0 aliphatic carbocycles. The van der Waals surface area contributed by atoms with Crippen molar-refractivity contribution in [3.05, 3.63) is 63.2 Å². The summed E-state index contributed by atoms with van der Waals surface area (Å²) in [6.45, 7) is 3.42. The second kappa shape index (κ2) is 5.62. The summed E-state index contributed by atoms with van der Waals surface area (Å²) in [5, 5.41) is 19.9. The maximum Gasteiger partial charge on any atom is 0.335 e. The number of aryl methyl sites for hydroxylation is 2. The number of nitrogens with zero attached hydrogens (tertiary/aromatic N) is 1. The SMILES string of the molecule is Cc1cc(C)c([N+](=O)[O-])cc1Oc1cccc(C(=O)O)c1. The Labute approximate surface area is 120 Å². The fourth-order valence-electron chi connectivity index (χ4n) is 1.95. The van der Waals surface area contributed by atoms with Gasteiger partial charge in [0, 0.05) is 5.56 Å². The van der Waals surface area contributed by atoms with Gasteiger partial charge < -0.3 is 9.84 Å². The second-order valence-electron chi connectivity index (χ2n) is 4.60. The van der Waals surface area contributed by atoms with Crippen molar-refractivity contribution in [2.24, 2.45) is 0 Å². The summed E-state index contributed by atoms with van der Waals surface area (Å²) in [4.78, 5) is 21.4. The van der Waals surface area contributed by atoms with Gasteiger partial charge in [0.15, 0.2) is 0 Å². The lowest BCUT2D eigenvalue weighted by molar-refractivity contribution is -0.385. The van der Waals surface area contributed by atoms with Crippen LogP contribution in [-0.4, -0.2) is 16.0 Å². The maximum atomic E-state index is 11.0. The Bertz CT molecular complexity index is 724. The van der Waals surface area contributed by atoms with Gasteiger partial charge in [0.05, 0.1) is 16.6 Å². The molecule has 0 amide bonds. The molecule has 0 unspecified atom stereocenters. The molecular weight excluding hydrogens is 274 g/mol. The summed E-state index contributed by atoms with van der Waals surface area (Å²) in [5.74, 6) is -0.418. The fraction of sp³-hybridized carbons (Fsp3) is 0.133. The Balaban J connectivity index is 2.39. The molecule has 2 aromatic rings. The smallest absolute Gasteiger partial charge is 0.335 e. The number of hydrogen-bond donors (Lipinski definition) is 1. The van der Waals surface area contributed by atoms with E-state index in [2.05, 4.69) is 0 Å². The zero-order chi connectivity index (χ0) is 15.6. The third kappa shape index (κ3) is 3.17. The largest absolute Gasteiger partial charge is 0.478 e. The van der Waals surface area contributed by atoms with Crippen LogP contribution in [0.5, 0.6) is 11.5 Å². The number of carbonyl (C=O) groups is 1. The molecule has 0 saturated carbocycles. The minimum Gasteiger partial charge on any atom is -0.478 e. The third-order valence-corrected chi connectivity index (χ3v) is 3.00. The summed E-state index contributed by atoms with van der Waals surface area (Å²) >= 11 is 0. The topological polar surface area (TPSA) is 89.7 Å². The molecule has 6 nitrogen and oxygen atoms in total. The van der Waals surface area contributed by atoms with E-state index in [-0.39, 0.29) is 11.3 Å². The molecule has 0 saturated heterocycles. The zero-order valence-electron chi connectivity index (χ0n) is 11.5. The molecular formula is C15H13NO5. The van der Waals surface area contributed by atoms with Gasteiger partial charge in [-0.3, -0.25) is 10.1 Å². The Kier molecular flexibility index (Phi) is 3.89. The van der Waals surface area contributed by atoms with Gasteiger partial charge in [0.2, 0.25) is 0 Å². The zero-order valence-corrected chi connectivity index (χ0v) is 11.5. The summed E-state index contributed by atoms with van der Waals surface area (Å²) in [5.41, 5.74) is 1.33. The minimum absolute atomic E-state index is 0.0370. The van der Waals surface area contributed by atoms with Crippen LogP contribution >= 0.6 is 0 Å². The van der Waals surface area contributed by atoms with Crippen molar-refractivity contribution in [2.45, 2.75) is 13.8 Å². The van der Waals surface area contributed by atoms with Crippen molar-refractivity contribution in [1.29, 1.82) is 0 Å². The first-order chi connectivity index (χ1) is 9.88. The molecule has 2 aromatic carbocycles. The number of carboxylic acid groups (broad SMARTS) is 1. The first-order valence-corrected chi connectivity index (χ1v) is 6.15. The normalized spacial score (nSPS) is 10.2. The van der Waals surface area contributed by atoms with Crippen LogP contribution in [0.3, 0.4) is 0 Å². The van der Waals surface area contributed by atoms with Gasteiger partial charge in [-0.15, -0.1) is 0 Å². The third-order valence-electron chi connectivity index (χ3n) is 3.00. The quantitative estimate of drug-likeness (QED) is 0.684. The first kappa shape index (κ1) is 14.5. The summed E-state index contributed by atoms with van der Waals surface area (Å²) < 4.78 is 5.58. The first-order valence-electron chi connectivity index (χ1n) is 6.15. The lowest BCUT2D eigenvalue weighted by Gasteiger charge is -2.10. The molecule has 0 radical (unpaired) electrons. The van der Waals surface area contributed by atoms with Crippen LogP contribution in [0, 0.1) is 24.0 Å². The van der Waals surface area contributed by atoms with Gasteiger partial charge in [-0.05, 0) is 43.7 Å². The molecule has 0 heterocycles. The molecule has 0 aromatic heterocycles.